The number of H-pyrrole nitrogens is 1. The molecule has 2 N–H and O–H groups in total. The highest BCUT2D eigenvalue weighted by Gasteiger charge is 2.28. The van der Waals surface area contributed by atoms with Gasteiger partial charge in [-0.2, -0.15) is 5.26 Å². The van der Waals surface area contributed by atoms with E-state index in [1.165, 1.54) is 0 Å². The van der Waals surface area contributed by atoms with E-state index in [-0.39, 0.29) is 18.4 Å². The largest absolute Gasteiger partial charge is 0.355 e. The molecule has 0 bridgehead atoms. The van der Waals surface area contributed by atoms with Gasteiger partial charge < -0.3 is 15.2 Å². The van der Waals surface area contributed by atoms with Gasteiger partial charge in [0.25, 0.3) is 0 Å². The third-order valence-corrected chi connectivity index (χ3v) is 4.66. The highest BCUT2D eigenvalue weighted by atomic mass is 16.1. The minimum atomic E-state index is -0.168. The molecule has 3 aromatic rings. The lowest BCUT2D eigenvalue weighted by molar-refractivity contribution is -0.125. The van der Waals surface area contributed by atoms with Gasteiger partial charge in [-0.25, -0.2) is 9.97 Å². The third-order valence-electron chi connectivity index (χ3n) is 4.66. The molecule has 1 aliphatic heterocycles. The first-order valence-corrected chi connectivity index (χ1v) is 8.55. The maximum atomic E-state index is 12.3. The van der Waals surface area contributed by atoms with Gasteiger partial charge >= 0.3 is 0 Å². The first-order chi connectivity index (χ1) is 12.7. The number of aryl methyl sites for hydroxylation is 1. The number of hydrogen-bond acceptors (Lipinski definition) is 7. The molecule has 1 saturated heterocycles. The molecule has 1 fully saturated rings. The number of nitrogens with zero attached hydrogens (tertiary/aromatic N) is 6. The number of hydrogen-bond donors (Lipinski definition) is 2. The van der Waals surface area contributed by atoms with Crippen LogP contribution in [0.4, 0.5) is 5.82 Å². The standard InChI is InChI=1S/C17H18N8O/c1-10-21-15-13(12-4-6-19-14(12)23-24-15)16(22-10)25-8-2-3-11(9-25)17(26)20-7-5-18/h4,6,11H,2-3,7-9H2,1H3,(H,19,23)(H,20,26). The molecule has 0 aliphatic carbocycles. The van der Waals surface area contributed by atoms with Crippen LogP contribution in [-0.2, 0) is 4.79 Å². The van der Waals surface area contributed by atoms with Crippen molar-refractivity contribution in [2.75, 3.05) is 24.5 Å². The second-order valence-corrected chi connectivity index (χ2v) is 6.39. The summed E-state index contributed by atoms with van der Waals surface area (Å²) in [7, 11) is 0. The minimum Gasteiger partial charge on any atom is -0.355 e. The van der Waals surface area contributed by atoms with Gasteiger partial charge in [0.15, 0.2) is 11.3 Å². The molecule has 4 rings (SSSR count). The molecule has 0 spiro atoms. The molecule has 0 radical (unpaired) electrons. The molecule has 0 aromatic carbocycles. The fraction of sp³-hybridized carbons (Fsp3) is 0.412. The molecule has 1 unspecified atom stereocenters. The Morgan fingerprint density at radius 2 is 2.35 bits per heavy atom. The van der Waals surface area contributed by atoms with Crippen molar-refractivity contribution in [3.05, 3.63) is 18.1 Å². The number of amides is 1. The van der Waals surface area contributed by atoms with Gasteiger partial charge in [0.2, 0.25) is 5.91 Å². The first-order valence-electron chi connectivity index (χ1n) is 8.55. The van der Waals surface area contributed by atoms with Crippen LogP contribution >= 0.6 is 0 Å². The number of carbonyl (C=O) groups excluding carboxylic acids is 1. The Balaban J connectivity index is 1.75. The van der Waals surface area contributed by atoms with Crippen LogP contribution in [0, 0.1) is 24.2 Å². The van der Waals surface area contributed by atoms with Crippen molar-refractivity contribution in [2.45, 2.75) is 19.8 Å². The Labute approximate surface area is 149 Å². The maximum absolute atomic E-state index is 12.3. The van der Waals surface area contributed by atoms with E-state index < -0.39 is 0 Å². The molecule has 1 atom stereocenters. The number of aromatic amines is 1. The lowest BCUT2D eigenvalue weighted by atomic mass is 9.97. The van der Waals surface area contributed by atoms with Crippen molar-refractivity contribution < 1.29 is 4.79 Å². The molecular formula is C17H18N8O. The van der Waals surface area contributed by atoms with Crippen LogP contribution in [-0.4, -0.2) is 50.7 Å². The Bertz CT molecular complexity index is 1020. The Hall–Kier alpha value is -3.28. The zero-order valence-electron chi connectivity index (χ0n) is 14.4. The second kappa shape index (κ2) is 6.55. The van der Waals surface area contributed by atoms with Gasteiger partial charge in [0.1, 0.15) is 18.2 Å². The van der Waals surface area contributed by atoms with E-state index in [0.717, 1.165) is 36.0 Å². The highest BCUT2D eigenvalue weighted by Crippen LogP contribution is 2.31. The van der Waals surface area contributed by atoms with Gasteiger partial charge in [0.05, 0.1) is 17.4 Å². The van der Waals surface area contributed by atoms with E-state index in [9.17, 15) is 4.79 Å². The smallest absolute Gasteiger partial charge is 0.225 e. The number of nitriles is 1. The van der Waals surface area contributed by atoms with Crippen LogP contribution in [0.3, 0.4) is 0 Å². The molecule has 1 amide bonds. The first kappa shape index (κ1) is 16.2. The average molecular weight is 350 g/mol. The van der Waals surface area contributed by atoms with Crippen molar-refractivity contribution in [1.82, 2.24) is 30.5 Å². The Kier molecular flexibility index (Phi) is 4.08. The molecule has 9 nitrogen and oxygen atoms in total. The van der Waals surface area contributed by atoms with Crippen LogP contribution in [0.1, 0.15) is 18.7 Å². The van der Waals surface area contributed by atoms with Gasteiger partial charge in [-0.15, -0.1) is 10.2 Å². The normalized spacial score (nSPS) is 17.4. The summed E-state index contributed by atoms with van der Waals surface area (Å²) in [6.45, 7) is 3.22. The summed E-state index contributed by atoms with van der Waals surface area (Å²) in [5.41, 5.74) is 1.24. The van der Waals surface area contributed by atoms with Crippen molar-refractivity contribution in [3.8, 4) is 6.07 Å². The van der Waals surface area contributed by atoms with Crippen LogP contribution in [0.25, 0.3) is 22.1 Å². The lowest BCUT2D eigenvalue weighted by Gasteiger charge is -2.33. The quantitative estimate of drug-likeness (QED) is 0.677. The Morgan fingerprint density at radius 1 is 1.46 bits per heavy atom. The molecule has 3 aromatic heterocycles. The van der Waals surface area contributed by atoms with Crippen LogP contribution in [0.2, 0.25) is 0 Å². The highest BCUT2D eigenvalue weighted by molar-refractivity contribution is 6.07. The fourth-order valence-corrected chi connectivity index (χ4v) is 3.48. The monoisotopic (exact) mass is 350 g/mol. The minimum absolute atomic E-state index is 0.0322. The van der Waals surface area contributed by atoms with E-state index in [0.29, 0.717) is 23.7 Å². The van der Waals surface area contributed by atoms with Crippen molar-refractivity contribution >= 4 is 33.8 Å². The van der Waals surface area contributed by atoms with E-state index >= 15 is 0 Å². The summed E-state index contributed by atoms with van der Waals surface area (Å²) < 4.78 is 0. The van der Waals surface area contributed by atoms with Crippen LogP contribution in [0.15, 0.2) is 12.3 Å². The predicted octanol–water partition coefficient (Wildman–Crippen LogP) is 1.07. The fourth-order valence-electron chi connectivity index (χ4n) is 3.48. The molecular weight excluding hydrogens is 332 g/mol. The number of piperidine rings is 1. The van der Waals surface area contributed by atoms with Crippen LogP contribution < -0.4 is 10.2 Å². The van der Waals surface area contributed by atoms with E-state index in [2.05, 4.69) is 35.4 Å². The Morgan fingerprint density at radius 3 is 3.19 bits per heavy atom. The van der Waals surface area contributed by atoms with Crippen LogP contribution in [0.5, 0.6) is 0 Å². The van der Waals surface area contributed by atoms with Crippen molar-refractivity contribution in [3.63, 3.8) is 0 Å². The summed E-state index contributed by atoms with van der Waals surface area (Å²) in [6.07, 6.45) is 3.50. The molecule has 1 aliphatic rings. The van der Waals surface area contributed by atoms with Crippen molar-refractivity contribution in [1.29, 1.82) is 5.26 Å². The molecule has 132 valence electrons. The zero-order chi connectivity index (χ0) is 18.1. The van der Waals surface area contributed by atoms with E-state index in [1.54, 1.807) is 0 Å². The lowest BCUT2D eigenvalue weighted by Crippen LogP contribution is -2.43. The van der Waals surface area contributed by atoms with Gasteiger partial charge in [-0.1, -0.05) is 0 Å². The second-order valence-electron chi connectivity index (χ2n) is 6.39. The number of fused-ring (bicyclic) bond motifs is 3. The summed E-state index contributed by atoms with van der Waals surface area (Å²) in [6, 6.07) is 3.88. The molecule has 9 heteroatoms. The molecule has 4 heterocycles. The topological polar surface area (TPSA) is 123 Å². The average Bonchev–Trinajstić information content (AvgIpc) is 3.14. The summed E-state index contributed by atoms with van der Waals surface area (Å²) in [5.74, 6) is 1.15. The molecule has 26 heavy (non-hydrogen) atoms. The summed E-state index contributed by atoms with van der Waals surface area (Å²) in [4.78, 5) is 26.5. The zero-order valence-corrected chi connectivity index (χ0v) is 14.4. The number of nitrogens with one attached hydrogen (secondary N) is 2. The SMILES string of the molecule is Cc1nc(N2CCCC(C(=O)NCC#N)C2)c2c(nnc3[nH]ccc32)n1. The van der Waals surface area contributed by atoms with Crippen molar-refractivity contribution in [2.24, 2.45) is 5.92 Å². The van der Waals surface area contributed by atoms with E-state index in [4.69, 9.17) is 5.26 Å². The number of rotatable bonds is 3. The summed E-state index contributed by atoms with van der Waals surface area (Å²) in [5, 5.41) is 21.5. The third kappa shape index (κ3) is 2.79. The number of anilines is 1. The van der Waals surface area contributed by atoms with Gasteiger partial charge in [0, 0.05) is 24.7 Å². The molecule has 0 saturated carbocycles. The number of aromatic nitrogens is 5. The predicted molar refractivity (Wildman–Crippen MR) is 95.3 cm³/mol. The maximum Gasteiger partial charge on any atom is 0.225 e. The van der Waals surface area contributed by atoms with E-state index in [1.807, 2.05) is 25.3 Å². The summed E-state index contributed by atoms with van der Waals surface area (Å²) >= 11 is 0. The van der Waals surface area contributed by atoms with Gasteiger partial charge in [-0.3, -0.25) is 4.79 Å². The van der Waals surface area contributed by atoms with Gasteiger partial charge in [-0.05, 0) is 25.8 Å². The number of carbonyl (C=O) groups is 1.